The largest absolute Gasteiger partial charge is 0.313 e. The first-order valence-corrected chi connectivity index (χ1v) is 6.74. The molecule has 0 radical (unpaired) electrons. The molecule has 0 spiro atoms. The van der Waals surface area contributed by atoms with Crippen molar-refractivity contribution in [3.63, 3.8) is 0 Å². The van der Waals surface area contributed by atoms with Crippen molar-refractivity contribution in [3.8, 4) is 0 Å². The molecule has 3 nitrogen and oxygen atoms in total. The molecule has 0 amide bonds. The third-order valence-corrected chi connectivity index (χ3v) is 3.50. The Bertz CT molecular complexity index is 343. The predicted octanol–water partition coefficient (Wildman–Crippen LogP) is 2.33. The van der Waals surface area contributed by atoms with Gasteiger partial charge in [0.15, 0.2) is 5.16 Å². The van der Waals surface area contributed by atoms with Crippen LogP contribution in [0.25, 0.3) is 0 Å². The van der Waals surface area contributed by atoms with Crippen LogP contribution in [0.15, 0.2) is 11.2 Å². The smallest absolute Gasteiger partial charge is 0.188 e. The molecule has 88 valence electrons. The molecule has 2 rings (SSSR count). The van der Waals surface area contributed by atoms with E-state index in [2.05, 4.69) is 22.2 Å². The number of nitrogens with zero attached hydrogens (tertiary/aromatic N) is 2. The highest BCUT2D eigenvalue weighted by Crippen LogP contribution is 2.22. The van der Waals surface area contributed by atoms with Crippen LogP contribution in [0.2, 0.25) is 0 Å². The number of hydrogen-bond acceptors (Lipinski definition) is 4. The van der Waals surface area contributed by atoms with Crippen molar-refractivity contribution in [1.82, 2.24) is 15.3 Å². The molecule has 1 atom stereocenters. The Morgan fingerprint density at radius 1 is 1.38 bits per heavy atom. The van der Waals surface area contributed by atoms with Gasteiger partial charge in [-0.15, -0.1) is 0 Å². The molecule has 1 fully saturated rings. The van der Waals surface area contributed by atoms with E-state index in [1.54, 1.807) is 11.8 Å². The second kappa shape index (κ2) is 5.15. The molecule has 1 heterocycles. The van der Waals surface area contributed by atoms with Crippen molar-refractivity contribution in [1.29, 1.82) is 0 Å². The molecule has 1 unspecified atom stereocenters. The van der Waals surface area contributed by atoms with Gasteiger partial charge in [-0.25, -0.2) is 9.97 Å². The van der Waals surface area contributed by atoms with Gasteiger partial charge in [0.25, 0.3) is 0 Å². The van der Waals surface area contributed by atoms with Gasteiger partial charge in [0.2, 0.25) is 0 Å². The zero-order valence-electron chi connectivity index (χ0n) is 10.2. The number of rotatable bonds is 5. The lowest BCUT2D eigenvalue weighted by molar-refractivity contribution is 0.677. The number of hydrogen-bond donors (Lipinski definition) is 1. The molecule has 4 heteroatoms. The Labute approximate surface area is 101 Å². The number of aromatic nitrogens is 2. The molecule has 1 N–H and O–H groups in total. The van der Waals surface area contributed by atoms with Crippen molar-refractivity contribution >= 4 is 11.8 Å². The van der Waals surface area contributed by atoms with Crippen LogP contribution in [0.1, 0.15) is 31.2 Å². The fraction of sp³-hybridized carbons (Fsp3) is 0.667. The van der Waals surface area contributed by atoms with Crippen molar-refractivity contribution in [2.24, 2.45) is 0 Å². The topological polar surface area (TPSA) is 37.8 Å². The summed E-state index contributed by atoms with van der Waals surface area (Å²) in [5.74, 6) is 0. The highest BCUT2D eigenvalue weighted by atomic mass is 32.2. The minimum absolute atomic E-state index is 0.529. The van der Waals surface area contributed by atoms with Crippen LogP contribution in [0, 0.1) is 13.8 Å². The predicted molar refractivity (Wildman–Crippen MR) is 67.8 cm³/mol. The minimum Gasteiger partial charge on any atom is -0.313 e. The Balaban J connectivity index is 1.86. The van der Waals surface area contributed by atoms with Gasteiger partial charge in [-0.05, 0) is 32.8 Å². The maximum absolute atomic E-state index is 4.44. The lowest BCUT2D eigenvalue weighted by atomic mass is 10.4. The van der Waals surface area contributed by atoms with E-state index >= 15 is 0 Å². The standard InChI is InChI=1S/C12H19N3S/c1-8-6-9(2)15-12(14-8)16-10(3)7-13-11-4-5-11/h6,10-11,13H,4-5,7H2,1-3H3. The van der Waals surface area contributed by atoms with Gasteiger partial charge < -0.3 is 5.32 Å². The Kier molecular flexibility index (Phi) is 3.82. The summed E-state index contributed by atoms with van der Waals surface area (Å²) in [6.07, 6.45) is 2.69. The average molecular weight is 237 g/mol. The van der Waals surface area contributed by atoms with Gasteiger partial charge >= 0.3 is 0 Å². The lowest BCUT2D eigenvalue weighted by Gasteiger charge is -2.11. The van der Waals surface area contributed by atoms with E-state index < -0.39 is 0 Å². The van der Waals surface area contributed by atoms with Crippen molar-refractivity contribution in [3.05, 3.63) is 17.5 Å². The highest BCUT2D eigenvalue weighted by Gasteiger charge is 2.21. The number of nitrogens with one attached hydrogen (secondary N) is 1. The van der Waals surface area contributed by atoms with E-state index in [1.807, 2.05) is 19.9 Å². The van der Waals surface area contributed by atoms with Crippen LogP contribution in [-0.4, -0.2) is 27.8 Å². The normalized spacial score (nSPS) is 17.4. The van der Waals surface area contributed by atoms with Gasteiger partial charge in [0.05, 0.1) is 0 Å². The first-order chi connectivity index (χ1) is 7.63. The van der Waals surface area contributed by atoms with Crippen LogP contribution in [0.5, 0.6) is 0 Å². The third kappa shape index (κ3) is 3.76. The molecule has 16 heavy (non-hydrogen) atoms. The summed E-state index contributed by atoms with van der Waals surface area (Å²) in [4.78, 5) is 8.88. The summed E-state index contributed by atoms with van der Waals surface area (Å²) in [7, 11) is 0. The molecule has 1 aliphatic rings. The van der Waals surface area contributed by atoms with Gasteiger partial charge in [-0.2, -0.15) is 0 Å². The van der Waals surface area contributed by atoms with E-state index in [0.717, 1.165) is 29.1 Å². The first-order valence-electron chi connectivity index (χ1n) is 5.86. The number of aryl methyl sites for hydroxylation is 2. The molecule has 0 aliphatic heterocycles. The molecular formula is C12H19N3S. The molecular weight excluding hydrogens is 218 g/mol. The van der Waals surface area contributed by atoms with Gasteiger partial charge in [0.1, 0.15) is 0 Å². The van der Waals surface area contributed by atoms with Crippen LogP contribution < -0.4 is 5.32 Å². The van der Waals surface area contributed by atoms with Gasteiger partial charge in [-0.3, -0.25) is 0 Å². The van der Waals surface area contributed by atoms with E-state index in [9.17, 15) is 0 Å². The van der Waals surface area contributed by atoms with Crippen molar-refractivity contribution < 1.29 is 0 Å². The Hall–Kier alpha value is -0.610. The SMILES string of the molecule is Cc1cc(C)nc(SC(C)CNC2CC2)n1. The van der Waals surface area contributed by atoms with Crippen LogP contribution in [0.4, 0.5) is 0 Å². The Morgan fingerprint density at radius 2 is 2.00 bits per heavy atom. The van der Waals surface area contributed by atoms with E-state index in [-0.39, 0.29) is 0 Å². The molecule has 0 bridgehead atoms. The monoisotopic (exact) mass is 237 g/mol. The third-order valence-electron chi connectivity index (χ3n) is 2.54. The van der Waals surface area contributed by atoms with Crippen molar-refractivity contribution in [2.75, 3.05) is 6.54 Å². The quantitative estimate of drug-likeness (QED) is 0.630. The van der Waals surface area contributed by atoms with Crippen LogP contribution >= 0.6 is 11.8 Å². The number of thioether (sulfide) groups is 1. The van der Waals surface area contributed by atoms with Crippen LogP contribution in [-0.2, 0) is 0 Å². The van der Waals surface area contributed by atoms with Crippen molar-refractivity contribution in [2.45, 2.75) is 50.1 Å². The molecule has 0 aromatic carbocycles. The van der Waals surface area contributed by atoms with E-state index in [4.69, 9.17) is 0 Å². The van der Waals surface area contributed by atoms with E-state index in [0.29, 0.717) is 5.25 Å². The average Bonchev–Trinajstić information content (AvgIpc) is 2.96. The first kappa shape index (κ1) is 11.9. The zero-order valence-corrected chi connectivity index (χ0v) is 11.0. The summed E-state index contributed by atoms with van der Waals surface area (Å²) in [6, 6.07) is 2.79. The summed E-state index contributed by atoms with van der Waals surface area (Å²) in [5.41, 5.74) is 2.11. The fourth-order valence-corrected chi connectivity index (χ4v) is 2.52. The second-order valence-corrected chi connectivity index (χ2v) is 5.95. The van der Waals surface area contributed by atoms with E-state index in [1.165, 1.54) is 12.8 Å². The van der Waals surface area contributed by atoms with Gasteiger partial charge in [-0.1, -0.05) is 18.7 Å². The second-order valence-electron chi connectivity index (χ2n) is 4.54. The summed E-state index contributed by atoms with van der Waals surface area (Å²) >= 11 is 1.76. The maximum Gasteiger partial charge on any atom is 0.188 e. The molecule has 1 aromatic heterocycles. The summed E-state index contributed by atoms with van der Waals surface area (Å²) in [6.45, 7) is 7.31. The zero-order chi connectivity index (χ0) is 11.5. The highest BCUT2D eigenvalue weighted by molar-refractivity contribution is 7.99. The van der Waals surface area contributed by atoms with Gasteiger partial charge in [0, 0.05) is 29.2 Å². The minimum atomic E-state index is 0.529. The summed E-state index contributed by atoms with van der Waals surface area (Å²) < 4.78 is 0. The fourth-order valence-electron chi connectivity index (χ4n) is 1.59. The molecule has 0 saturated heterocycles. The lowest BCUT2D eigenvalue weighted by Crippen LogP contribution is -2.24. The summed E-state index contributed by atoms with van der Waals surface area (Å²) in [5, 5.41) is 4.96. The van der Waals surface area contributed by atoms with Crippen LogP contribution in [0.3, 0.4) is 0 Å². The molecule has 1 saturated carbocycles. The molecule has 1 aromatic rings. The Morgan fingerprint density at radius 3 is 2.56 bits per heavy atom. The molecule has 1 aliphatic carbocycles. The maximum atomic E-state index is 4.44.